The SMILES string of the molecule is COc1ccc([C@@H]2NC(=O)[C@H](c3ccc(OC)cc3)NC2=O)cc1. The van der Waals surface area contributed by atoms with Crippen LogP contribution in [0.5, 0.6) is 11.5 Å². The van der Waals surface area contributed by atoms with Gasteiger partial charge >= 0.3 is 0 Å². The number of amides is 2. The van der Waals surface area contributed by atoms with Crippen LogP contribution in [0.2, 0.25) is 0 Å². The van der Waals surface area contributed by atoms with Gasteiger partial charge in [-0.2, -0.15) is 0 Å². The Morgan fingerprint density at radius 1 is 0.667 bits per heavy atom. The van der Waals surface area contributed by atoms with Gasteiger partial charge in [0.2, 0.25) is 11.8 Å². The molecular weight excluding hydrogens is 308 g/mol. The van der Waals surface area contributed by atoms with E-state index in [0.29, 0.717) is 22.6 Å². The molecule has 0 spiro atoms. The number of rotatable bonds is 4. The molecule has 0 aromatic heterocycles. The van der Waals surface area contributed by atoms with Crippen molar-refractivity contribution in [1.82, 2.24) is 10.6 Å². The number of ether oxygens (including phenoxy) is 2. The predicted octanol–water partition coefficient (Wildman–Crippen LogP) is 1.73. The molecule has 2 atom stereocenters. The van der Waals surface area contributed by atoms with E-state index in [9.17, 15) is 9.59 Å². The van der Waals surface area contributed by atoms with Crippen molar-refractivity contribution in [3.05, 3.63) is 59.7 Å². The molecule has 3 rings (SSSR count). The molecule has 0 aliphatic carbocycles. The first-order chi connectivity index (χ1) is 11.6. The van der Waals surface area contributed by atoms with E-state index in [0.717, 1.165) is 0 Å². The summed E-state index contributed by atoms with van der Waals surface area (Å²) < 4.78 is 10.2. The molecule has 2 amide bonds. The van der Waals surface area contributed by atoms with Crippen LogP contribution >= 0.6 is 0 Å². The second kappa shape index (κ2) is 6.62. The van der Waals surface area contributed by atoms with Crippen LogP contribution in [0.3, 0.4) is 0 Å². The maximum Gasteiger partial charge on any atom is 0.248 e. The van der Waals surface area contributed by atoms with Crippen molar-refractivity contribution in [2.45, 2.75) is 12.1 Å². The predicted molar refractivity (Wildman–Crippen MR) is 87.8 cm³/mol. The van der Waals surface area contributed by atoms with Gasteiger partial charge in [-0.3, -0.25) is 9.59 Å². The van der Waals surface area contributed by atoms with Gasteiger partial charge in [-0.25, -0.2) is 0 Å². The van der Waals surface area contributed by atoms with Crippen LogP contribution < -0.4 is 20.1 Å². The van der Waals surface area contributed by atoms with Crippen LogP contribution in [0.25, 0.3) is 0 Å². The van der Waals surface area contributed by atoms with Crippen LogP contribution in [0.4, 0.5) is 0 Å². The molecule has 0 bridgehead atoms. The maximum atomic E-state index is 12.4. The van der Waals surface area contributed by atoms with Crippen LogP contribution in [0.1, 0.15) is 23.2 Å². The minimum absolute atomic E-state index is 0.249. The Morgan fingerprint density at radius 2 is 1.00 bits per heavy atom. The standard InChI is InChI=1S/C18H18N2O4/c1-23-13-7-3-11(4-8-13)15-17(21)20-16(18(22)19-15)12-5-9-14(24-2)10-6-12/h3-10,15-16H,1-2H3,(H,19,22)(H,20,21)/t15-,16-/m0/s1. The van der Waals surface area contributed by atoms with E-state index in [-0.39, 0.29) is 11.8 Å². The van der Waals surface area contributed by atoms with E-state index >= 15 is 0 Å². The number of benzene rings is 2. The van der Waals surface area contributed by atoms with Crippen molar-refractivity contribution >= 4 is 11.8 Å². The number of piperazine rings is 1. The normalized spacial score (nSPS) is 20.1. The van der Waals surface area contributed by atoms with Gasteiger partial charge in [0.25, 0.3) is 0 Å². The van der Waals surface area contributed by atoms with Crippen LogP contribution in [0.15, 0.2) is 48.5 Å². The quantitative estimate of drug-likeness (QED) is 0.897. The molecule has 1 fully saturated rings. The third kappa shape index (κ3) is 3.03. The molecule has 1 aliphatic heterocycles. The first kappa shape index (κ1) is 15.9. The number of hydrogen-bond donors (Lipinski definition) is 2. The molecule has 2 aromatic carbocycles. The topological polar surface area (TPSA) is 76.7 Å². The zero-order valence-corrected chi connectivity index (χ0v) is 13.4. The second-order valence-corrected chi connectivity index (χ2v) is 5.43. The van der Waals surface area contributed by atoms with Crippen LogP contribution in [0, 0.1) is 0 Å². The summed E-state index contributed by atoms with van der Waals surface area (Å²) in [5.41, 5.74) is 1.41. The molecule has 6 heteroatoms. The van der Waals surface area contributed by atoms with Crippen molar-refractivity contribution < 1.29 is 19.1 Å². The lowest BCUT2D eigenvalue weighted by molar-refractivity contribution is -0.137. The lowest BCUT2D eigenvalue weighted by Crippen LogP contribution is -2.52. The van der Waals surface area contributed by atoms with Gasteiger partial charge in [-0.05, 0) is 35.4 Å². The molecule has 1 aliphatic rings. The van der Waals surface area contributed by atoms with E-state index in [4.69, 9.17) is 9.47 Å². The van der Waals surface area contributed by atoms with Crippen molar-refractivity contribution in [1.29, 1.82) is 0 Å². The number of nitrogens with one attached hydrogen (secondary N) is 2. The largest absolute Gasteiger partial charge is 0.497 e. The summed E-state index contributed by atoms with van der Waals surface area (Å²) in [6, 6.07) is 12.6. The van der Waals surface area contributed by atoms with Gasteiger partial charge < -0.3 is 20.1 Å². The minimum Gasteiger partial charge on any atom is -0.497 e. The highest BCUT2D eigenvalue weighted by molar-refractivity contribution is 5.98. The van der Waals surface area contributed by atoms with Gasteiger partial charge in [0.05, 0.1) is 14.2 Å². The fourth-order valence-corrected chi connectivity index (χ4v) is 2.64. The van der Waals surface area contributed by atoms with Crippen molar-refractivity contribution in [3.8, 4) is 11.5 Å². The molecular formula is C18H18N2O4. The second-order valence-electron chi connectivity index (χ2n) is 5.43. The molecule has 1 heterocycles. The molecule has 0 radical (unpaired) electrons. The zero-order valence-electron chi connectivity index (χ0n) is 13.4. The molecule has 0 saturated carbocycles. The molecule has 6 nitrogen and oxygen atoms in total. The Kier molecular flexibility index (Phi) is 4.37. The van der Waals surface area contributed by atoms with Crippen molar-refractivity contribution in [3.63, 3.8) is 0 Å². The first-order valence-electron chi connectivity index (χ1n) is 7.51. The van der Waals surface area contributed by atoms with E-state index < -0.39 is 12.1 Å². The highest BCUT2D eigenvalue weighted by Gasteiger charge is 2.35. The summed E-state index contributed by atoms with van der Waals surface area (Å²) in [5, 5.41) is 5.55. The lowest BCUT2D eigenvalue weighted by atomic mass is 9.98. The van der Waals surface area contributed by atoms with E-state index in [1.807, 2.05) is 0 Å². The number of methoxy groups -OCH3 is 2. The molecule has 24 heavy (non-hydrogen) atoms. The number of carbonyl (C=O) groups is 2. The summed E-state index contributed by atoms with van der Waals surface area (Å²) in [7, 11) is 3.15. The molecule has 2 N–H and O–H groups in total. The van der Waals surface area contributed by atoms with Gasteiger partial charge in [0, 0.05) is 0 Å². The van der Waals surface area contributed by atoms with Gasteiger partial charge in [-0.15, -0.1) is 0 Å². The molecule has 124 valence electrons. The molecule has 1 saturated heterocycles. The maximum absolute atomic E-state index is 12.4. The van der Waals surface area contributed by atoms with Gasteiger partial charge in [-0.1, -0.05) is 24.3 Å². The zero-order chi connectivity index (χ0) is 17.1. The van der Waals surface area contributed by atoms with E-state index in [1.165, 1.54) is 0 Å². The van der Waals surface area contributed by atoms with E-state index in [2.05, 4.69) is 10.6 Å². The fraction of sp³-hybridized carbons (Fsp3) is 0.222. The Balaban J connectivity index is 1.78. The van der Waals surface area contributed by atoms with Gasteiger partial charge in [0.15, 0.2) is 0 Å². The Bertz CT molecular complexity index is 675. The Hall–Kier alpha value is -3.02. The van der Waals surface area contributed by atoms with Crippen molar-refractivity contribution in [2.75, 3.05) is 14.2 Å². The smallest absolute Gasteiger partial charge is 0.248 e. The summed E-state index contributed by atoms with van der Waals surface area (Å²) in [4.78, 5) is 24.8. The molecule has 0 unspecified atom stereocenters. The highest BCUT2D eigenvalue weighted by Crippen LogP contribution is 2.25. The average molecular weight is 326 g/mol. The Morgan fingerprint density at radius 3 is 1.29 bits per heavy atom. The summed E-state index contributed by atoms with van der Waals surface area (Å²) >= 11 is 0. The van der Waals surface area contributed by atoms with Gasteiger partial charge in [0.1, 0.15) is 23.6 Å². The minimum atomic E-state index is -0.710. The summed E-state index contributed by atoms with van der Waals surface area (Å²) in [6.45, 7) is 0. The third-order valence-corrected chi connectivity index (χ3v) is 4.00. The summed E-state index contributed by atoms with van der Waals surface area (Å²) in [5.74, 6) is 0.885. The van der Waals surface area contributed by atoms with Crippen molar-refractivity contribution in [2.24, 2.45) is 0 Å². The summed E-state index contributed by atoms with van der Waals surface area (Å²) in [6.07, 6.45) is 0. The third-order valence-electron chi connectivity index (χ3n) is 4.00. The van der Waals surface area contributed by atoms with E-state index in [1.54, 1.807) is 62.8 Å². The van der Waals surface area contributed by atoms with Crippen LogP contribution in [-0.4, -0.2) is 26.0 Å². The number of carbonyl (C=O) groups excluding carboxylic acids is 2. The van der Waals surface area contributed by atoms with Crippen LogP contribution in [-0.2, 0) is 9.59 Å². The Labute approximate surface area is 139 Å². The highest BCUT2D eigenvalue weighted by atomic mass is 16.5. The fourth-order valence-electron chi connectivity index (χ4n) is 2.64. The number of hydrogen-bond acceptors (Lipinski definition) is 4. The molecule has 2 aromatic rings. The average Bonchev–Trinajstić information content (AvgIpc) is 2.63. The monoisotopic (exact) mass is 326 g/mol. The lowest BCUT2D eigenvalue weighted by Gasteiger charge is -2.30. The first-order valence-corrected chi connectivity index (χ1v) is 7.51.